The van der Waals surface area contributed by atoms with Crippen molar-refractivity contribution in [1.82, 2.24) is 0 Å². The van der Waals surface area contributed by atoms with Gasteiger partial charge in [-0.15, -0.1) is 0 Å². The summed E-state index contributed by atoms with van der Waals surface area (Å²) in [7, 11) is 0. The Morgan fingerprint density at radius 1 is 1.12 bits per heavy atom. The molecule has 17 heavy (non-hydrogen) atoms. The lowest BCUT2D eigenvalue weighted by Crippen LogP contribution is -2.28. The molecule has 0 radical (unpaired) electrons. The zero-order chi connectivity index (χ0) is 13.0. The van der Waals surface area contributed by atoms with Gasteiger partial charge in [-0.25, -0.2) is 0 Å². The second kappa shape index (κ2) is 5.34. The monoisotopic (exact) mass is 235 g/mol. The Morgan fingerprint density at radius 3 is 2.12 bits per heavy atom. The molecule has 0 saturated carbocycles. The van der Waals surface area contributed by atoms with Gasteiger partial charge in [0.1, 0.15) is 0 Å². The standard InChI is InChI=1S/C12H17N3O2/c1-3-15(4-2)9-7-5-6-8(11(13)16)10(9)12(14)17/h5-7H,3-4H2,1-2H3,(H2,13,16)(H2,14,17). The van der Waals surface area contributed by atoms with E-state index in [9.17, 15) is 9.59 Å². The molecule has 5 nitrogen and oxygen atoms in total. The van der Waals surface area contributed by atoms with Gasteiger partial charge in [0, 0.05) is 13.1 Å². The Kier molecular flexibility index (Phi) is 4.09. The number of carbonyl (C=O) groups excluding carboxylic acids is 2. The Bertz CT molecular complexity index is 439. The number of carbonyl (C=O) groups is 2. The first-order valence-electron chi connectivity index (χ1n) is 5.50. The van der Waals surface area contributed by atoms with Crippen LogP contribution < -0.4 is 16.4 Å². The van der Waals surface area contributed by atoms with E-state index in [2.05, 4.69) is 0 Å². The van der Waals surface area contributed by atoms with Crippen molar-refractivity contribution < 1.29 is 9.59 Å². The van der Waals surface area contributed by atoms with Crippen molar-refractivity contribution in [3.8, 4) is 0 Å². The number of hydrogen-bond acceptors (Lipinski definition) is 3. The molecular weight excluding hydrogens is 218 g/mol. The van der Waals surface area contributed by atoms with E-state index in [0.29, 0.717) is 5.69 Å². The molecule has 0 aliphatic rings. The Labute approximate surface area is 100 Å². The minimum absolute atomic E-state index is 0.168. The third kappa shape index (κ3) is 2.55. The highest BCUT2D eigenvalue weighted by Crippen LogP contribution is 2.23. The molecule has 1 aromatic carbocycles. The van der Waals surface area contributed by atoms with Crippen LogP contribution in [0.15, 0.2) is 18.2 Å². The third-order valence-electron chi connectivity index (χ3n) is 2.66. The average molecular weight is 235 g/mol. The summed E-state index contributed by atoms with van der Waals surface area (Å²) < 4.78 is 0. The Hall–Kier alpha value is -2.04. The predicted molar refractivity (Wildman–Crippen MR) is 67.0 cm³/mol. The van der Waals surface area contributed by atoms with Gasteiger partial charge in [-0.1, -0.05) is 6.07 Å². The fourth-order valence-corrected chi connectivity index (χ4v) is 1.83. The fourth-order valence-electron chi connectivity index (χ4n) is 1.83. The van der Waals surface area contributed by atoms with Crippen molar-refractivity contribution in [2.24, 2.45) is 11.5 Å². The first kappa shape index (κ1) is 13.0. The molecular formula is C12H17N3O2. The number of nitrogens with zero attached hydrogens (tertiary/aromatic N) is 1. The molecule has 92 valence electrons. The molecule has 0 unspecified atom stereocenters. The minimum Gasteiger partial charge on any atom is -0.371 e. The van der Waals surface area contributed by atoms with Crippen LogP contribution in [-0.2, 0) is 0 Å². The van der Waals surface area contributed by atoms with E-state index in [1.807, 2.05) is 18.7 Å². The third-order valence-corrected chi connectivity index (χ3v) is 2.66. The Morgan fingerprint density at radius 2 is 1.71 bits per heavy atom. The van der Waals surface area contributed by atoms with E-state index in [-0.39, 0.29) is 11.1 Å². The van der Waals surface area contributed by atoms with Crippen LogP contribution in [0, 0.1) is 0 Å². The number of primary amides is 2. The van der Waals surface area contributed by atoms with Crippen molar-refractivity contribution in [2.75, 3.05) is 18.0 Å². The highest BCUT2D eigenvalue weighted by atomic mass is 16.2. The molecule has 0 spiro atoms. The summed E-state index contributed by atoms with van der Waals surface area (Å²) in [5.74, 6) is -1.28. The fraction of sp³-hybridized carbons (Fsp3) is 0.333. The lowest BCUT2D eigenvalue weighted by Gasteiger charge is -2.24. The summed E-state index contributed by atoms with van der Waals surface area (Å²) in [6.45, 7) is 5.37. The highest BCUT2D eigenvalue weighted by molar-refractivity contribution is 6.09. The highest BCUT2D eigenvalue weighted by Gasteiger charge is 2.19. The summed E-state index contributed by atoms with van der Waals surface area (Å²) in [6.07, 6.45) is 0. The second-order valence-corrected chi connectivity index (χ2v) is 3.60. The summed E-state index contributed by atoms with van der Waals surface area (Å²) in [5, 5.41) is 0. The number of benzene rings is 1. The first-order valence-corrected chi connectivity index (χ1v) is 5.50. The second-order valence-electron chi connectivity index (χ2n) is 3.60. The zero-order valence-electron chi connectivity index (χ0n) is 10.1. The lowest BCUT2D eigenvalue weighted by molar-refractivity contribution is 0.0967. The molecule has 1 aromatic rings. The van der Waals surface area contributed by atoms with Gasteiger partial charge in [0.05, 0.1) is 16.8 Å². The number of rotatable bonds is 5. The van der Waals surface area contributed by atoms with Gasteiger partial charge in [0.15, 0.2) is 0 Å². The molecule has 2 amide bonds. The molecule has 0 aromatic heterocycles. The number of hydrogen-bond donors (Lipinski definition) is 2. The molecule has 0 saturated heterocycles. The van der Waals surface area contributed by atoms with E-state index in [4.69, 9.17) is 11.5 Å². The van der Waals surface area contributed by atoms with Crippen LogP contribution in [0.3, 0.4) is 0 Å². The van der Waals surface area contributed by atoms with Crippen molar-refractivity contribution in [3.05, 3.63) is 29.3 Å². The molecule has 5 heteroatoms. The van der Waals surface area contributed by atoms with Gasteiger partial charge in [0.2, 0.25) is 5.91 Å². The maximum Gasteiger partial charge on any atom is 0.251 e. The smallest absolute Gasteiger partial charge is 0.251 e. The largest absolute Gasteiger partial charge is 0.371 e. The molecule has 0 atom stereocenters. The molecule has 0 fully saturated rings. The molecule has 0 aliphatic carbocycles. The van der Waals surface area contributed by atoms with E-state index < -0.39 is 11.8 Å². The van der Waals surface area contributed by atoms with Crippen LogP contribution in [0.5, 0.6) is 0 Å². The summed E-state index contributed by atoms with van der Waals surface area (Å²) in [6, 6.07) is 4.97. The van der Waals surface area contributed by atoms with Crippen molar-refractivity contribution in [1.29, 1.82) is 0 Å². The minimum atomic E-state index is -0.646. The first-order chi connectivity index (χ1) is 8.02. The van der Waals surface area contributed by atoms with Crippen LogP contribution in [0.1, 0.15) is 34.6 Å². The quantitative estimate of drug-likeness (QED) is 0.788. The van der Waals surface area contributed by atoms with Crippen LogP contribution in [-0.4, -0.2) is 24.9 Å². The molecule has 1 rings (SSSR count). The van der Waals surface area contributed by atoms with E-state index in [1.165, 1.54) is 6.07 Å². The summed E-state index contributed by atoms with van der Waals surface area (Å²) in [4.78, 5) is 24.7. The van der Waals surface area contributed by atoms with Crippen molar-refractivity contribution >= 4 is 17.5 Å². The predicted octanol–water partition coefficient (Wildman–Crippen LogP) is 0.731. The normalized spacial score (nSPS) is 10.0. The van der Waals surface area contributed by atoms with E-state index in [0.717, 1.165) is 13.1 Å². The van der Waals surface area contributed by atoms with Gasteiger partial charge in [-0.05, 0) is 26.0 Å². The maximum absolute atomic E-state index is 11.5. The van der Waals surface area contributed by atoms with Crippen molar-refractivity contribution in [3.63, 3.8) is 0 Å². The number of anilines is 1. The van der Waals surface area contributed by atoms with Crippen molar-refractivity contribution in [2.45, 2.75) is 13.8 Å². The van der Waals surface area contributed by atoms with Crippen LogP contribution in [0.25, 0.3) is 0 Å². The maximum atomic E-state index is 11.5. The molecule has 0 heterocycles. The SMILES string of the molecule is CCN(CC)c1cccc(C(N)=O)c1C(N)=O. The molecule has 0 aliphatic heterocycles. The topological polar surface area (TPSA) is 89.4 Å². The number of amides is 2. The summed E-state index contributed by atoms with van der Waals surface area (Å²) in [5.41, 5.74) is 11.6. The van der Waals surface area contributed by atoms with Gasteiger partial charge in [-0.2, -0.15) is 0 Å². The zero-order valence-corrected chi connectivity index (χ0v) is 10.1. The summed E-state index contributed by atoms with van der Waals surface area (Å²) >= 11 is 0. The molecule has 0 bridgehead atoms. The van der Waals surface area contributed by atoms with Gasteiger partial charge in [-0.3, -0.25) is 9.59 Å². The van der Waals surface area contributed by atoms with E-state index >= 15 is 0 Å². The average Bonchev–Trinajstić information content (AvgIpc) is 2.30. The van der Waals surface area contributed by atoms with Gasteiger partial charge >= 0.3 is 0 Å². The molecule has 4 N–H and O–H groups in total. The van der Waals surface area contributed by atoms with E-state index in [1.54, 1.807) is 12.1 Å². The van der Waals surface area contributed by atoms with Crippen LogP contribution in [0.2, 0.25) is 0 Å². The number of nitrogens with two attached hydrogens (primary N) is 2. The Balaban J connectivity index is 3.44. The van der Waals surface area contributed by atoms with Crippen LogP contribution >= 0.6 is 0 Å². The van der Waals surface area contributed by atoms with Crippen LogP contribution in [0.4, 0.5) is 5.69 Å². The van der Waals surface area contributed by atoms with Gasteiger partial charge in [0.25, 0.3) is 5.91 Å². The van der Waals surface area contributed by atoms with Gasteiger partial charge < -0.3 is 16.4 Å². The lowest BCUT2D eigenvalue weighted by atomic mass is 10.0.